The van der Waals surface area contributed by atoms with E-state index in [-0.39, 0.29) is 39.9 Å². The lowest BCUT2D eigenvalue weighted by Crippen LogP contribution is -2.55. The molecular weight excluding hydrogens is 448 g/mol. The van der Waals surface area contributed by atoms with E-state index in [1.54, 1.807) is 6.07 Å². The van der Waals surface area contributed by atoms with Crippen LogP contribution in [0, 0.1) is 23.2 Å². The molecule has 6 rings (SSSR count). The lowest BCUT2D eigenvalue weighted by atomic mass is 9.48. The third kappa shape index (κ3) is 4.33. The Labute approximate surface area is 195 Å². The molecule has 2 N–H and O–H groups in total. The van der Waals surface area contributed by atoms with Gasteiger partial charge in [0.15, 0.2) is 0 Å². The summed E-state index contributed by atoms with van der Waals surface area (Å²) in [5.41, 5.74) is 0.512. The Bertz CT molecular complexity index is 954. The summed E-state index contributed by atoms with van der Waals surface area (Å²) >= 11 is 6.22. The minimum Gasteiger partial charge on any atom is -0.377 e. The summed E-state index contributed by atoms with van der Waals surface area (Å²) in [6, 6.07) is 4.55. The molecule has 1 aromatic carbocycles. The second kappa shape index (κ2) is 8.57. The number of hydrogen-bond acceptors (Lipinski definition) is 4. The first-order valence-electron chi connectivity index (χ1n) is 12.0. The maximum atomic E-state index is 13.1. The monoisotopic (exact) mass is 480 g/mol. The lowest BCUT2D eigenvalue weighted by molar-refractivity contribution is -0.0688. The summed E-state index contributed by atoms with van der Waals surface area (Å²) in [6.45, 7) is 2.99. The van der Waals surface area contributed by atoms with Crippen molar-refractivity contribution in [2.45, 2.75) is 75.3 Å². The third-order valence-electron chi connectivity index (χ3n) is 8.36. The molecular formula is C24H33ClN2O4S. The van der Waals surface area contributed by atoms with E-state index in [4.69, 9.17) is 16.3 Å². The minimum atomic E-state index is -3.84. The number of carbonyl (C=O) groups is 1. The predicted octanol–water partition coefficient (Wildman–Crippen LogP) is 4.13. The molecule has 4 aliphatic carbocycles. The van der Waals surface area contributed by atoms with Crippen molar-refractivity contribution in [3.05, 3.63) is 28.8 Å². The minimum absolute atomic E-state index is 0.0627. The van der Waals surface area contributed by atoms with E-state index < -0.39 is 10.0 Å². The van der Waals surface area contributed by atoms with Gasteiger partial charge in [-0.25, -0.2) is 13.1 Å². The molecule has 32 heavy (non-hydrogen) atoms. The zero-order valence-corrected chi connectivity index (χ0v) is 20.2. The van der Waals surface area contributed by atoms with Crippen LogP contribution in [0.2, 0.25) is 5.02 Å². The smallest absolute Gasteiger partial charge is 0.251 e. The summed E-state index contributed by atoms with van der Waals surface area (Å²) in [7, 11) is -3.84. The zero-order chi connectivity index (χ0) is 22.5. The lowest BCUT2D eigenvalue weighted by Gasteiger charge is -2.59. The topological polar surface area (TPSA) is 84.5 Å². The highest BCUT2D eigenvalue weighted by Gasteiger charge is 2.53. The molecule has 5 fully saturated rings. The first-order chi connectivity index (χ1) is 15.2. The molecule has 1 saturated heterocycles. The molecule has 0 spiro atoms. The fourth-order valence-corrected chi connectivity index (χ4v) is 8.67. The van der Waals surface area contributed by atoms with Crippen LogP contribution in [0.15, 0.2) is 23.1 Å². The average Bonchev–Trinajstić information content (AvgIpc) is 3.25. The van der Waals surface area contributed by atoms with Gasteiger partial charge in [0.25, 0.3) is 5.91 Å². The molecule has 2 atom stereocenters. The highest BCUT2D eigenvalue weighted by atomic mass is 35.5. The Morgan fingerprint density at radius 1 is 1.19 bits per heavy atom. The molecule has 1 aromatic rings. The van der Waals surface area contributed by atoms with Crippen molar-refractivity contribution in [1.29, 1.82) is 0 Å². The Hall–Kier alpha value is -1.15. The zero-order valence-electron chi connectivity index (χ0n) is 18.6. The highest BCUT2D eigenvalue weighted by molar-refractivity contribution is 7.89. The number of carbonyl (C=O) groups excluding carboxylic acids is 1. The Kier molecular flexibility index (Phi) is 6.06. The molecule has 0 aromatic heterocycles. The first-order valence-corrected chi connectivity index (χ1v) is 13.8. The molecule has 4 saturated carbocycles. The van der Waals surface area contributed by atoms with Crippen LogP contribution >= 0.6 is 11.6 Å². The van der Waals surface area contributed by atoms with Crippen LogP contribution in [-0.4, -0.2) is 39.6 Å². The maximum Gasteiger partial charge on any atom is 0.251 e. The van der Waals surface area contributed by atoms with Gasteiger partial charge < -0.3 is 10.1 Å². The van der Waals surface area contributed by atoms with Crippen LogP contribution in [0.25, 0.3) is 0 Å². The van der Waals surface area contributed by atoms with Crippen molar-refractivity contribution in [1.82, 2.24) is 10.0 Å². The van der Waals surface area contributed by atoms with Crippen LogP contribution in [0.5, 0.6) is 0 Å². The molecule has 1 heterocycles. The number of amides is 1. The summed E-state index contributed by atoms with van der Waals surface area (Å²) in [5, 5.41) is 3.32. The van der Waals surface area contributed by atoms with Gasteiger partial charge in [0.05, 0.1) is 11.1 Å². The predicted molar refractivity (Wildman–Crippen MR) is 123 cm³/mol. The summed E-state index contributed by atoms with van der Waals surface area (Å²) in [5.74, 6) is 2.19. The van der Waals surface area contributed by atoms with Gasteiger partial charge in [-0.2, -0.15) is 0 Å². The van der Waals surface area contributed by atoms with E-state index in [1.165, 1.54) is 50.7 Å². The second-order valence-electron chi connectivity index (χ2n) is 10.6. The van der Waals surface area contributed by atoms with Gasteiger partial charge in [0.2, 0.25) is 10.0 Å². The molecule has 8 heteroatoms. The maximum absolute atomic E-state index is 13.1. The number of ether oxygens (including phenoxy) is 1. The normalized spacial score (nSPS) is 34.6. The van der Waals surface area contributed by atoms with Gasteiger partial charge >= 0.3 is 0 Å². The average molecular weight is 481 g/mol. The number of hydrogen-bond donors (Lipinski definition) is 2. The van der Waals surface area contributed by atoms with E-state index >= 15 is 0 Å². The van der Waals surface area contributed by atoms with Gasteiger partial charge in [-0.05, 0) is 99.7 Å². The van der Waals surface area contributed by atoms with E-state index in [9.17, 15) is 13.2 Å². The fraction of sp³-hybridized carbons (Fsp3) is 0.708. The van der Waals surface area contributed by atoms with Crippen LogP contribution in [0.4, 0.5) is 0 Å². The quantitative estimate of drug-likeness (QED) is 0.614. The van der Waals surface area contributed by atoms with Crippen LogP contribution in [0.3, 0.4) is 0 Å². The van der Waals surface area contributed by atoms with Crippen LogP contribution in [0.1, 0.15) is 68.6 Å². The van der Waals surface area contributed by atoms with Crippen molar-refractivity contribution >= 4 is 27.5 Å². The molecule has 0 radical (unpaired) electrons. The number of halogens is 1. The number of sulfonamides is 1. The molecule has 176 valence electrons. The number of nitrogens with one attached hydrogen (secondary N) is 2. The highest BCUT2D eigenvalue weighted by Crippen LogP contribution is 2.61. The molecule has 4 bridgehead atoms. The molecule has 1 amide bonds. The third-order valence-corrected chi connectivity index (χ3v) is 10.3. The molecule has 0 unspecified atom stereocenters. The van der Waals surface area contributed by atoms with Gasteiger partial charge in [-0.1, -0.05) is 11.6 Å². The van der Waals surface area contributed by atoms with Gasteiger partial charge in [0, 0.05) is 24.8 Å². The van der Waals surface area contributed by atoms with E-state index in [2.05, 4.69) is 17.0 Å². The summed E-state index contributed by atoms with van der Waals surface area (Å²) in [6.07, 6.45) is 9.34. The standard InChI is InChI=1S/C24H33ClN2O4S/c1-15(24-11-16-7-17(12-24)9-18(8-16)13-24)27-23(28)19-4-5-21(25)22(10-19)32(29,30)26-14-20-3-2-6-31-20/h4-5,10,15-18,20,26H,2-3,6-9,11-14H2,1H3,(H,27,28)/t15-,16?,17?,18?,20-,24?/m1/s1. The second-order valence-corrected chi connectivity index (χ2v) is 12.7. The van der Waals surface area contributed by atoms with Gasteiger partial charge in [-0.3, -0.25) is 4.79 Å². The van der Waals surface area contributed by atoms with Crippen molar-refractivity contribution in [2.24, 2.45) is 23.2 Å². The summed E-state index contributed by atoms with van der Waals surface area (Å²) in [4.78, 5) is 13.1. The van der Waals surface area contributed by atoms with Crippen molar-refractivity contribution in [3.8, 4) is 0 Å². The van der Waals surface area contributed by atoms with E-state index in [0.29, 0.717) is 12.2 Å². The van der Waals surface area contributed by atoms with Crippen molar-refractivity contribution in [2.75, 3.05) is 13.2 Å². The largest absolute Gasteiger partial charge is 0.377 e. The van der Waals surface area contributed by atoms with Crippen LogP contribution < -0.4 is 10.0 Å². The van der Waals surface area contributed by atoms with E-state index in [1.807, 2.05) is 0 Å². The number of benzene rings is 1. The fourth-order valence-electron chi connectivity index (χ4n) is 7.08. The number of rotatable bonds is 7. The van der Waals surface area contributed by atoms with Crippen molar-refractivity contribution in [3.63, 3.8) is 0 Å². The first kappa shape index (κ1) is 22.6. The van der Waals surface area contributed by atoms with E-state index in [0.717, 1.165) is 30.6 Å². The molecule has 5 aliphatic rings. The Balaban J connectivity index is 1.29. The van der Waals surface area contributed by atoms with Gasteiger partial charge in [-0.15, -0.1) is 0 Å². The Morgan fingerprint density at radius 2 is 1.84 bits per heavy atom. The van der Waals surface area contributed by atoms with Gasteiger partial charge in [0.1, 0.15) is 4.90 Å². The SMILES string of the molecule is C[C@@H](NC(=O)c1ccc(Cl)c(S(=O)(=O)NC[C@H]2CCCO2)c1)C12CC3CC(CC(C3)C1)C2. The summed E-state index contributed by atoms with van der Waals surface area (Å²) < 4.78 is 33.8. The van der Waals surface area contributed by atoms with Crippen molar-refractivity contribution < 1.29 is 17.9 Å². The molecule has 1 aliphatic heterocycles. The van der Waals surface area contributed by atoms with Crippen LogP contribution in [-0.2, 0) is 14.8 Å². The molecule has 6 nitrogen and oxygen atoms in total. The Morgan fingerprint density at radius 3 is 2.44 bits per heavy atom.